The highest BCUT2D eigenvalue weighted by atomic mass is 16.3. The van der Waals surface area contributed by atoms with Gasteiger partial charge in [0.25, 0.3) is 0 Å². The summed E-state index contributed by atoms with van der Waals surface area (Å²) >= 11 is 0. The van der Waals surface area contributed by atoms with Crippen LogP contribution in [0, 0.1) is 52.3 Å². The zero-order valence-corrected chi connectivity index (χ0v) is 19.9. The van der Waals surface area contributed by atoms with Gasteiger partial charge in [0, 0.05) is 5.92 Å². The Morgan fingerprint density at radius 2 is 1.66 bits per heavy atom. The average molecular weight is 401 g/mol. The first-order valence-electron chi connectivity index (χ1n) is 13.1. The number of aliphatic hydroxyl groups is 1. The molecule has 0 spiro atoms. The Kier molecular flexibility index (Phi) is 6.18. The molecule has 1 nitrogen and oxygen atoms in total. The summed E-state index contributed by atoms with van der Waals surface area (Å²) in [5, 5.41) is 9.61. The Hall–Kier alpha value is -0.460. The van der Waals surface area contributed by atoms with E-state index in [9.17, 15) is 5.11 Å². The number of hydrogen-bond donors (Lipinski definition) is 1. The van der Waals surface area contributed by atoms with E-state index in [1.807, 2.05) is 0 Å². The van der Waals surface area contributed by atoms with Crippen molar-refractivity contribution in [3.05, 3.63) is 12.3 Å². The van der Waals surface area contributed by atoms with Crippen molar-refractivity contribution in [2.45, 2.75) is 111 Å². The highest BCUT2D eigenvalue weighted by Gasteiger charge is 2.59. The molecule has 0 saturated heterocycles. The first-order chi connectivity index (χ1) is 13.8. The summed E-state index contributed by atoms with van der Waals surface area (Å²) in [7, 11) is 0. The van der Waals surface area contributed by atoms with E-state index in [2.05, 4.69) is 34.3 Å². The van der Waals surface area contributed by atoms with E-state index in [0.717, 1.165) is 41.9 Å². The van der Waals surface area contributed by atoms with Gasteiger partial charge in [-0.1, -0.05) is 60.0 Å². The number of aliphatic hydroxyl groups excluding tert-OH is 1. The van der Waals surface area contributed by atoms with Gasteiger partial charge < -0.3 is 5.11 Å². The molecule has 1 N–H and O–H groups in total. The third kappa shape index (κ3) is 3.71. The molecule has 0 aromatic heterocycles. The Labute approximate surface area is 181 Å². The van der Waals surface area contributed by atoms with Gasteiger partial charge in [-0.15, -0.1) is 0 Å². The van der Waals surface area contributed by atoms with Crippen molar-refractivity contribution < 1.29 is 5.11 Å². The Morgan fingerprint density at radius 1 is 0.897 bits per heavy atom. The molecule has 2 unspecified atom stereocenters. The van der Waals surface area contributed by atoms with Crippen LogP contribution in [0.3, 0.4) is 0 Å². The fourth-order valence-corrected chi connectivity index (χ4v) is 9.38. The third-order valence-electron chi connectivity index (χ3n) is 11.2. The summed E-state index contributed by atoms with van der Waals surface area (Å²) in [5.74, 6) is 6.51. The summed E-state index contributed by atoms with van der Waals surface area (Å²) in [6.45, 7) is 13.8. The van der Waals surface area contributed by atoms with Crippen molar-refractivity contribution >= 4 is 0 Å². The van der Waals surface area contributed by atoms with E-state index in [1.54, 1.807) is 6.42 Å². The van der Waals surface area contributed by atoms with Gasteiger partial charge in [0.2, 0.25) is 0 Å². The van der Waals surface area contributed by atoms with Crippen molar-refractivity contribution in [2.75, 3.05) is 0 Å². The summed E-state index contributed by atoms with van der Waals surface area (Å²) in [4.78, 5) is 0. The second kappa shape index (κ2) is 8.23. The Morgan fingerprint density at radius 3 is 2.41 bits per heavy atom. The van der Waals surface area contributed by atoms with Crippen molar-refractivity contribution in [1.82, 2.24) is 0 Å². The second-order valence-corrected chi connectivity index (χ2v) is 12.4. The van der Waals surface area contributed by atoms with Gasteiger partial charge in [-0.2, -0.15) is 0 Å². The molecular weight excluding hydrogens is 352 g/mol. The number of allylic oxidation sites excluding steroid dienone is 1. The van der Waals surface area contributed by atoms with Gasteiger partial charge >= 0.3 is 0 Å². The molecule has 0 aliphatic heterocycles. The molecule has 1 heteroatoms. The first kappa shape index (κ1) is 21.8. The topological polar surface area (TPSA) is 20.2 Å². The number of hydrogen-bond acceptors (Lipinski definition) is 1. The molecule has 9 atom stereocenters. The fourth-order valence-electron chi connectivity index (χ4n) is 9.38. The molecule has 0 aromatic carbocycles. The maximum absolute atomic E-state index is 9.61. The van der Waals surface area contributed by atoms with Gasteiger partial charge in [-0.25, -0.2) is 0 Å². The van der Waals surface area contributed by atoms with E-state index in [-0.39, 0.29) is 5.92 Å². The van der Waals surface area contributed by atoms with Gasteiger partial charge in [0.05, 0.1) is 5.76 Å². The summed E-state index contributed by atoms with van der Waals surface area (Å²) in [6.07, 6.45) is 18.8. The largest absolute Gasteiger partial charge is 0.513 e. The molecule has 4 saturated carbocycles. The number of rotatable bonds is 6. The lowest BCUT2D eigenvalue weighted by Crippen LogP contribution is -2.53. The number of fused-ring (bicyclic) bond motifs is 5. The zero-order chi connectivity index (χ0) is 20.8. The quantitative estimate of drug-likeness (QED) is 0.443. The predicted octanol–water partition coefficient (Wildman–Crippen LogP) is 8.55. The van der Waals surface area contributed by atoms with Gasteiger partial charge in [-0.3, -0.25) is 0 Å². The molecular formula is C28H48O. The molecule has 0 amide bonds. The van der Waals surface area contributed by atoms with Crippen LogP contribution in [0.2, 0.25) is 0 Å². The predicted molar refractivity (Wildman–Crippen MR) is 124 cm³/mol. The van der Waals surface area contributed by atoms with Crippen LogP contribution in [0.1, 0.15) is 111 Å². The van der Waals surface area contributed by atoms with Crippen LogP contribution in [0.4, 0.5) is 0 Å². The van der Waals surface area contributed by atoms with Crippen molar-refractivity contribution in [3.8, 4) is 0 Å². The third-order valence-corrected chi connectivity index (χ3v) is 11.2. The van der Waals surface area contributed by atoms with E-state index >= 15 is 0 Å². The molecule has 4 aliphatic carbocycles. The SMILES string of the molecule is C=C(O)C(C)CCC[C@@H](C)[C@H]1CC[C@H]2[C@@H]3CCC4CCCC[C@]4(C)[C@H]3CC[C@]12C. The van der Waals surface area contributed by atoms with E-state index < -0.39 is 0 Å². The summed E-state index contributed by atoms with van der Waals surface area (Å²) in [6, 6.07) is 0. The summed E-state index contributed by atoms with van der Waals surface area (Å²) in [5.41, 5.74) is 1.28. The van der Waals surface area contributed by atoms with Crippen molar-refractivity contribution in [1.29, 1.82) is 0 Å². The van der Waals surface area contributed by atoms with E-state index in [4.69, 9.17) is 0 Å². The lowest BCUT2D eigenvalue weighted by atomic mass is 9.44. The second-order valence-electron chi connectivity index (χ2n) is 12.4. The molecule has 0 aromatic rings. The van der Waals surface area contributed by atoms with E-state index in [0.29, 0.717) is 16.6 Å². The highest BCUT2D eigenvalue weighted by molar-refractivity contribution is 5.09. The Bertz CT molecular complexity index is 595. The average Bonchev–Trinajstić information content (AvgIpc) is 3.04. The van der Waals surface area contributed by atoms with Gasteiger partial charge in [0.1, 0.15) is 0 Å². The lowest BCUT2D eigenvalue weighted by molar-refractivity contribution is -0.114. The molecule has 29 heavy (non-hydrogen) atoms. The summed E-state index contributed by atoms with van der Waals surface area (Å²) < 4.78 is 0. The van der Waals surface area contributed by atoms with Crippen LogP contribution in [0.15, 0.2) is 12.3 Å². The Balaban J connectivity index is 1.42. The van der Waals surface area contributed by atoms with Crippen LogP contribution in [0.25, 0.3) is 0 Å². The van der Waals surface area contributed by atoms with Crippen molar-refractivity contribution in [2.24, 2.45) is 52.3 Å². The molecule has 4 rings (SSSR count). The molecule has 0 radical (unpaired) electrons. The van der Waals surface area contributed by atoms with Gasteiger partial charge in [-0.05, 0) is 104 Å². The van der Waals surface area contributed by atoms with Crippen LogP contribution < -0.4 is 0 Å². The molecule has 166 valence electrons. The van der Waals surface area contributed by atoms with Crippen LogP contribution >= 0.6 is 0 Å². The molecule has 4 fully saturated rings. The lowest BCUT2D eigenvalue weighted by Gasteiger charge is -2.61. The smallest absolute Gasteiger partial charge is 0.0879 e. The zero-order valence-electron chi connectivity index (χ0n) is 19.9. The first-order valence-corrected chi connectivity index (χ1v) is 13.1. The van der Waals surface area contributed by atoms with Crippen LogP contribution in [-0.2, 0) is 0 Å². The normalized spacial score (nSPS) is 46.3. The maximum atomic E-state index is 9.61. The minimum Gasteiger partial charge on any atom is -0.513 e. The van der Waals surface area contributed by atoms with Gasteiger partial charge in [0.15, 0.2) is 0 Å². The fraction of sp³-hybridized carbons (Fsp3) is 0.929. The maximum Gasteiger partial charge on any atom is 0.0879 e. The molecule has 0 heterocycles. The van der Waals surface area contributed by atoms with Crippen molar-refractivity contribution in [3.63, 3.8) is 0 Å². The van der Waals surface area contributed by atoms with E-state index in [1.165, 1.54) is 70.6 Å². The minimum atomic E-state index is 0.260. The molecule has 0 bridgehead atoms. The standard InChI is InChI=1S/C28H48O/c1-19(21(3)29)9-8-10-20(2)24-14-15-25-23-13-12-22-11-6-7-17-27(22,4)26(23)16-18-28(24,25)5/h19-20,22-26,29H,3,6-18H2,1-2,4-5H3/t19?,20-,22?,23+,24-,25+,26+,27+,28-/m1/s1. The monoisotopic (exact) mass is 400 g/mol. The van der Waals surface area contributed by atoms with Crippen LogP contribution in [-0.4, -0.2) is 5.11 Å². The molecule has 4 aliphatic rings. The highest BCUT2D eigenvalue weighted by Crippen LogP contribution is 2.68. The van der Waals surface area contributed by atoms with Crippen LogP contribution in [0.5, 0.6) is 0 Å². The minimum absolute atomic E-state index is 0.260.